The second-order valence-corrected chi connectivity index (χ2v) is 16.8. The zero-order valence-electron chi connectivity index (χ0n) is 33.1. The number of ketones is 1. The summed E-state index contributed by atoms with van der Waals surface area (Å²) in [4.78, 5) is 32.0. The first kappa shape index (κ1) is 35.7. The van der Waals surface area contributed by atoms with E-state index in [2.05, 4.69) is 153 Å². The Kier molecular flexibility index (Phi) is 8.96. The van der Waals surface area contributed by atoms with E-state index in [1.165, 1.54) is 27.8 Å². The number of fused-ring (bicyclic) bond motifs is 4. The fourth-order valence-electron chi connectivity index (χ4n) is 8.09. The van der Waals surface area contributed by atoms with Crippen molar-refractivity contribution in [3.63, 3.8) is 0 Å². The second kappa shape index (κ2) is 13.1. The topological polar surface area (TPSA) is 42.3 Å². The SMILES string of the molecule is CC1=CC2C(=O)c3cc4c(cc3N(c3cc(C(C)C)cc(C(C)C)c3)C2C=C1C)c(=O)c1cc(C)c(C)cc1n4-c1cc(C(C)C)cc(C(C)C)c1. The van der Waals surface area contributed by atoms with Gasteiger partial charge in [0.15, 0.2) is 11.2 Å². The van der Waals surface area contributed by atoms with E-state index >= 15 is 0 Å². The average Bonchev–Trinajstić information content (AvgIpc) is 3.09. The standard InChI is InChI=1S/C48H54N2O2/c1-25(2)33-17-34(26(3)4)20-37(19-33)49-43-15-31(11)29(9)13-39(43)47(51)41-24-46-42(23-45(41)49)48(52)40-14-30(10)32(12)16-44(40)50(46)38-21-35(27(5)6)18-36(22-38)28(7)8/h13-28,39,43H,1-12H3. The van der Waals surface area contributed by atoms with Crippen LogP contribution in [-0.2, 0) is 0 Å². The van der Waals surface area contributed by atoms with E-state index in [9.17, 15) is 9.59 Å². The lowest BCUT2D eigenvalue weighted by Gasteiger charge is -2.43. The zero-order valence-corrected chi connectivity index (χ0v) is 33.1. The van der Waals surface area contributed by atoms with E-state index < -0.39 is 0 Å². The van der Waals surface area contributed by atoms with Gasteiger partial charge in [-0.15, -0.1) is 0 Å². The highest BCUT2D eigenvalue weighted by Crippen LogP contribution is 2.46. The van der Waals surface area contributed by atoms with Gasteiger partial charge in [-0.3, -0.25) is 9.59 Å². The molecule has 2 aliphatic rings. The van der Waals surface area contributed by atoms with Gasteiger partial charge in [0.25, 0.3) is 0 Å². The van der Waals surface area contributed by atoms with Gasteiger partial charge in [0.2, 0.25) is 0 Å². The van der Waals surface area contributed by atoms with Crippen molar-refractivity contribution in [3.05, 3.63) is 133 Å². The van der Waals surface area contributed by atoms with Crippen LogP contribution < -0.4 is 10.3 Å². The van der Waals surface area contributed by atoms with Crippen molar-refractivity contribution in [1.29, 1.82) is 0 Å². The van der Waals surface area contributed by atoms with Crippen LogP contribution in [0.2, 0.25) is 0 Å². The normalized spacial score (nSPS) is 17.5. The van der Waals surface area contributed by atoms with Crippen LogP contribution in [0.3, 0.4) is 0 Å². The van der Waals surface area contributed by atoms with Crippen molar-refractivity contribution >= 4 is 39.0 Å². The van der Waals surface area contributed by atoms with Crippen LogP contribution in [0.5, 0.6) is 0 Å². The summed E-state index contributed by atoms with van der Waals surface area (Å²) < 4.78 is 2.25. The van der Waals surface area contributed by atoms with Crippen LogP contribution >= 0.6 is 0 Å². The Morgan fingerprint density at radius 3 is 1.52 bits per heavy atom. The molecule has 2 unspecified atom stereocenters. The minimum atomic E-state index is -0.346. The molecule has 0 amide bonds. The van der Waals surface area contributed by atoms with Crippen LogP contribution in [0.1, 0.15) is 137 Å². The fourth-order valence-corrected chi connectivity index (χ4v) is 8.09. The van der Waals surface area contributed by atoms with E-state index in [-0.39, 0.29) is 23.2 Å². The molecular weight excluding hydrogens is 637 g/mol. The molecule has 1 aromatic heterocycles. The lowest BCUT2D eigenvalue weighted by molar-refractivity contribution is 0.0930. The van der Waals surface area contributed by atoms with Crippen molar-refractivity contribution in [2.75, 3.05) is 4.90 Å². The molecule has 4 heteroatoms. The molecule has 4 nitrogen and oxygen atoms in total. The summed E-state index contributed by atoms with van der Waals surface area (Å²) in [5.41, 5.74) is 14.8. The minimum absolute atomic E-state index is 0.00400. The molecule has 7 rings (SSSR count). The van der Waals surface area contributed by atoms with Crippen molar-refractivity contribution < 1.29 is 4.79 Å². The van der Waals surface area contributed by atoms with Crippen molar-refractivity contribution in [1.82, 2.24) is 4.57 Å². The molecule has 0 N–H and O–H groups in total. The third-order valence-electron chi connectivity index (χ3n) is 11.8. The molecule has 1 aliphatic heterocycles. The summed E-state index contributed by atoms with van der Waals surface area (Å²) in [6, 6.07) is 21.8. The molecule has 0 radical (unpaired) electrons. The highest BCUT2D eigenvalue weighted by molar-refractivity contribution is 6.12. The van der Waals surface area contributed by atoms with Crippen molar-refractivity contribution in [3.8, 4) is 5.69 Å². The van der Waals surface area contributed by atoms with E-state index in [1.54, 1.807) is 0 Å². The van der Waals surface area contributed by atoms with E-state index in [4.69, 9.17) is 0 Å². The van der Waals surface area contributed by atoms with Crippen LogP contribution in [0, 0.1) is 19.8 Å². The smallest absolute Gasteiger partial charge is 0.197 e. The average molecular weight is 691 g/mol. The molecule has 0 fully saturated rings. The van der Waals surface area contributed by atoms with Gasteiger partial charge in [-0.1, -0.05) is 90.8 Å². The summed E-state index contributed by atoms with van der Waals surface area (Å²) in [5.74, 6) is 1.08. The Morgan fingerprint density at radius 1 is 0.519 bits per heavy atom. The number of aromatic nitrogens is 1. The first-order valence-corrected chi connectivity index (χ1v) is 19.2. The maximum Gasteiger partial charge on any atom is 0.197 e. The van der Waals surface area contributed by atoms with E-state index in [1.807, 2.05) is 12.1 Å². The predicted octanol–water partition coefficient (Wildman–Crippen LogP) is 12.5. The van der Waals surface area contributed by atoms with Gasteiger partial charge < -0.3 is 9.47 Å². The Labute approximate surface area is 309 Å². The minimum Gasteiger partial charge on any atom is -0.333 e. The van der Waals surface area contributed by atoms with Gasteiger partial charge in [0.1, 0.15) is 0 Å². The van der Waals surface area contributed by atoms with Crippen LogP contribution in [0.25, 0.3) is 27.5 Å². The Morgan fingerprint density at radius 2 is 0.981 bits per heavy atom. The first-order chi connectivity index (χ1) is 24.5. The van der Waals surface area contributed by atoms with Gasteiger partial charge in [0, 0.05) is 27.7 Å². The molecule has 0 saturated carbocycles. The number of aryl methyl sites for hydroxylation is 2. The number of allylic oxidation sites excluding steroid dienone is 2. The Balaban J connectivity index is 1.63. The van der Waals surface area contributed by atoms with Gasteiger partial charge in [-0.25, -0.2) is 0 Å². The molecule has 2 atom stereocenters. The molecule has 268 valence electrons. The molecule has 2 heterocycles. The maximum atomic E-state index is 14.9. The van der Waals surface area contributed by atoms with Gasteiger partial charge in [-0.2, -0.15) is 0 Å². The molecule has 4 aromatic carbocycles. The summed E-state index contributed by atoms with van der Waals surface area (Å²) in [6.45, 7) is 26.3. The molecule has 0 saturated heterocycles. The van der Waals surface area contributed by atoms with Crippen LogP contribution in [0.15, 0.2) is 88.8 Å². The summed E-state index contributed by atoms with van der Waals surface area (Å²) >= 11 is 0. The lowest BCUT2D eigenvalue weighted by atomic mass is 9.77. The Hall–Kier alpha value is -4.70. The summed E-state index contributed by atoms with van der Waals surface area (Å²) in [7, 11) is 0. The van der Waals surface area contributed by atoms with Crippen molar-refractivity contribution in [2.45, 2.75) is 113 Å². The third kappa shape index (κ3) is 5.85. The number of carbonyl (C=O) groups excluding carboxylic acids is 1. The number of benzene rings is 4. The fraction of sp³-hybridized carbons (Fsp3) is 0.375. The zero-order chi connectivity index (χ0) is 37.5. The monoisotopic (exact) mass is 690 g/mol. The highest BCUT2D eigenvalue weighted by Gasteiger charge is 2.41. The molecule has 5 aromatic rings. The van der Waals surface area contributed by atoms with E-state index in [0.29, 0.717) is 40.0 Å². The number of Topliss-reactive ketones (excluding diaryl/α,β-unsaturated/α-hetero) is 1. The number of hydrogen-bond acceptors (Lipinski definition) is 3. The quantitative estimate of drug-likeness (QED) is 0.167. The predicted molar refractivity (Wildman–Crippen MR) is 221 cm³/mol. The molecular formula is C48H54N2O2. The van der Waals surface area contributed by atoms with E-state index in [0.717, 1.165) is 44.8 Å². The molecule has 1 aliphatic carbocycles. The van der Waals surface area contributed by atoms with Gasteiger partial charge >= 0.3 is 0 Å². The first-order valence-electron chi connectivity index (χ1n) is 19.2. The summed E-state index contributed by atoms with van der Waals surface area (Å²) in [5, 5.41) is 1.32. The number of nitrogens with zero attached hydrogens (tertiary/aromatic N) is 2. The highest BCUT2D eigenvalue weighted by atomic mass is 16.1. The van der Waals surface area contributed by atoms with Gasteiger partial charge in [0.05, 0.1) is 28.7 Å². The molecule has 52 heavy (non-hydrogen) atoms. The van der Waals surface area contributed by atoms with Crippen LogP contribution in [0.4, 0.5) is 11.4 Å². The van der Waals surface area contributed by atoms with Gasteiger partial charge in [-0.05, 0) is 133 Å². The third-order valence-corrected chi connectivity index (χ3v) is 11.8. The van der Waals surface area contributed by atoms with Crippen LogP contribution in [-0.4, -0.2) is 16.4 Å². The molecule has 0 spiro atoms. The second-order valence-electron chi connectivity index (χ2n) is 16.8. The number of anilines is 2. The lowest BCUT2D eigenvalue weighted by Crippen LogP contribution is -2.45. The largest absolute Gasteiger partial charge is 0.333 e. The maximum absolute atomic E-state index is 14.9. The number of hydrogen-bond donors (Lipinski definition) is 0. The van der Waals surface area contributed by atoms with Crippen molar-refractivity contribution in [2.24, 2.45) is 5.92 Å². The number of rotatable bonds is 6. The summed E-state index contributed by atoms with van der Waals surface area (Å²) in [6.07, 6.45) is 4.43. The molecule has 0 bridgehead atoms. The Bertz CT molecular complexity index is 2360. The number of pyridine rings is 1. The number of carbonyl (C=O) groups is 1.